The second-order valence-electron chi connectivity index (χ2n) is 4.69. The highest BCUT2D eigenvalue weighted by atomic mass is 35.5. The molecule has 0 atom stereocenters. The van der Waals surface area contributed by atoms with Gasteiger partial charge in [0.05, 0.1) is 10.7 Å². The Morgan fingerprint density at radius 3 is 2.62 bits per heavy atom. The van der Waals surface area contributed by atoms with Gasteiger partial charge in [0.15, 0.2) is 5.69 Å². The summed E-state index contributed by atoms with van der Waals surface area (Å²) >= 11 is 13.0. The van der Waals surface area contributed by atoms with Crippen LogP contribution in [0.25, 0.3) is 10.6 Å². The molecule has 0 amide bonds. The van der Waals surface area contributed by atoms with E-state index < -0.39 is 5.97 Å². The quantitative estimate of drug-likeness (QED) is 0.470. The summed E-state index contributed by atoms with van der Waals surface area (Å²) in [5.74, 6) is -0.991. The molecule has 3 aromatic rings. The number of carbonyl (C=O) groups is 1. The second kappa shape index (κ2) is 7.25. The molecule has 0 radical (unpaired) electrons. The van der Waals surface area contributed by atoms with E-state index in [1.807, 2.05) is 0 Å². The van der Waals surface area contributed by atoms with Crippen molar-refractivity contribution >= 4 is 40.5 Å². The van der Waals surface area contributed by atoms with Crippen LogP contribution in [0.2, 0.25) is 10.2 Å². The minimum atomic E-state index is -0.682. The minimum Gasteiger partial charge on any atom is -0.454 e. The Kier molecular flexibility index (Phi) is 5.08. The molecule has 0 spiro atoms. The summed E-state index contributed by atoms with van der Waals surface area (Å²) in [4.78, 5) is 20.2. The van der Waals surface area contributed by atoms with Gasteiger partial charge >= 0.3 is 5.97 Å². The van der Waals surface area contributed by atoms with Crippen molar-refractivity contribution in [3.8, 4) is 10.6 Å². The van der Waals surface area contributed by atoms with Crippen molar-refractivity contribution in [3.05, 3.63) is 69.2 Å². The lowest BCUT2D eigenvalue weighted by Gasteiger charge is -2.04. The van der Waals surface area contributed by atoms with Gasteiger partial charge in [0.2, 0.25) is 0 Å². The molecular formula is C16H9Cl2FN2O2S. The van der Waals surface area contributed by atoms with Crippen LogP contribution in [0, 0.1) is 5.82 Å². The van der Waals surface area contributed by atoms with Crippen molar-refractivity contribution in [2.45, 2.75) is 6.61 Å². The lowest BCUT2D eigenvalue weighted by molar-refractivity contribution is 0.0462. The van der Waals surface area contributed by atoms with E-state index in [9.17, 15) is 9.18 Å². The van der Waals surface area contributed by atoms with Crippen LogP contribution in [0.4, 0.5) is 4.39 Å². The van der Waals surface area contributed by atoms with Gasteiger partial charge in [-0.15, -0.1) is 11.3 Å². The van der Waals surface area contributed by atoms with Crippen LogP contribution in [-0.2, 0) is 11.3 Å². The van der Waals surface area contributed by atoms with Crippen molar-refractivity contribution in [2.24, 2.45) is 0 Å². The van der Waals surface area contributed by atoms with Gasteiger partial charge in [-0.05, 0) is 36.4 Å². The topological polar surface area (TPSA) is 52.1 Å². The van der Waals surface area contributed by atoms with Crippen LogP contribution < -0.4 is 0 Å². The van der Waals surface area contributed by atoms with Gasteiger partial charge in [-0.1, -0.05) is 23.2 Å². The van der Waals surface area contributed by atoms with Crippen molar-refractivity contribution in [1.82, 2.24) is 9.97 Å². The van der Waals surface area contributed by atoms with Crippen molar-refractivity contribution in [2.75, 3.05) is 0 Å². The lowest BCUT2D eigenvalue weighted by Crippen LogP contribution is -2.08. The van der Waals surface area contributed by atoms with E-state index in [1.54, 1.807) is 17.5 Å². The van der Waals surface area contributed by atoms with Gasteiger partial charge in [0, 0.05) is 10.9 Å². The Bertz CT molecular complexity index is 884. The van der Waals surface area contributed by atoms with Crippen LogP contribution in [-0.4, -0.2) is 15.9 Å². The molecule has 2 heterocycles. The Balaban J connectivity index is 1.68. The first-order chi connectivity index (χ1) is 11.5. The SMILES string of the molecule is O=C(OCc1csc(-c2ccc(F)cc2)n1)c1nc(Cl)ccc1Cl. The second-order valence-corrected chi connectivity index (χ2v) is 6.34. The van der Waals surface area contributed by atoms with E-state index in [4.69, 9.17) is 27.9 Å². The van der Waals surface area contributed by atoms with Gasteiger partial charge in [-0.3, -0.25) is 0 Å². The molecule has 0 saturated carbocycles. The highest BCUT2D eigenvalue weighted by molar-refractivity contribution is 7.13. The molecular weight excluding hydrogens is 374 g/mol. The first-order valence-corrected chi connectivity index (χ1v) is 8.36. The molecule has 4 nitrogen and oxygen atoms in total. The number of rotatable bonds is 4. The van der Waals surface area contributed by atoms with E-state index in [-0.39, 0.29) is 28.3 Å². The van der Waals surface area contributed by atoms with Crippen LogP contribution in [0.5, 0.6) is 0 Å². The highest BCUT2D eigenvalue weighted by Gasteiger charge is 2.15. The molecule has 3 rings (SSSR count). The summed E-state index contributed by atoms with van der Waals surface area (Å²) in [7, 11) is 0. The largest absolute Gasteiger partial charge is 0.454 e. The molecule has 24 heavy (non-hydrogen) atoms. The van der Waals surface area contributed by atoms with E-state index in [1.165, 1.54) is 35.6 Å². The third-order valence-corrected chi connectivity index (χ3v) is 4.46. The summed E-state index contributed by atoms with van der Waals surface area (Å²) < 4.78 is 18.1. The zero-order chi connectivity index (χ0) is 17.1. The summed E-state index contributed by atoms with van der Waals surface area (Å²) in [6, 6.07) is 8.96. The fraction of sp³-hybridized carbons (Fsp3) is 0.0625. The maximum atomic E-state index is 12.9. The predicted octanol–water partition coefficient (Wildman–Crippen LogP) is 5.01. The third kappa shape index (κ3) is 3.90. The van der Waals surface area contributed by atoms with Crippen molar-refractivity contribution in [1.29, 1.82) is 0 Å². The first kappa shape index (κ1) is 16.8. The number of aromatic nitrogens is 2. The zero-order valence-corrected chi connectivity index (χ0v) is 14.3. The van der Waals surface area contributed by atoms with E-state index in [0.717, 1.165) is 5.56 Å². The van der Waals surface area contributed by atoms with Crippen molar-refractivity contribution < 1.29 is 13.9 Å². The van der Waals surface area contributed by atoms with Gasteiger partial charge < -0.3 is 4.74 Å². The smallest absolute Gasteiger partial charge is 0.358 e. The molecule has 0 aliphatic carbocycles. The monoisotopic (exact) mass is 382 g/mol. The molecule has 0 fully saturated rings. The number of benzene rings is 1. The zero-order valence-electron chi connectivity index (χ0n) is 12.0. The van der Waals surface area contributed by atoms with Gasteiger partial charge in [0.1, 0.15) is 22.6 Å². The standard InChI is InChI=1S/C16H9Cl2FN2O2S/c17-12-5-6-13(18)21-14(12)16(22)23-7-11-8-24-15(20-11)9-1-3-10(19)4-2-9/h1-6,8H,7H2. The maximum absolute atomic E-state index is 12.9. The number of esters is 1. The average Bonchev–Trinajstić information content (AvgIpc) is 3.04. The van der Waals surface area contributed by atoms with Crippen LogP contribution in [0.3, 0.4) is 0 Å². The Hall–Kier alpha value is -2.02. The van der Waals surface area contributed by atoms with Crippen LogP contribution in [0.1, 0.15) is 16.2 Å². The Labute approximate surface area is 150 Å². The van der Waals surface area contributed by atoms with E-state index in [2.05, 4.69) is 9.97 Å². The lowest BCUT2D eigenvalue weighted by atomic mass is 10.2. The summed E-state index contributed by atoms with van der Waals surface area (Å²) in [6.45, 7) is -0.0267. The number of nitrogens with zero attached hydrogens (tertiary/aromatic N) is 2. The van der Waals surface area contributed by atoms with Gasteiger partial charge in [-0.25, -0.2) is 19.2 Å². The summed E-state index contributed by atoms with van der Waals surface area (Å²) in [6.07, 6.45) is 0. The molecule has 0 N–H and O–H groups in total. The number of hydrogen-bond donors (Lipinski definition) is 0. The number of pyridine rings is 1. The molecule has 122 valence electrons. The predicted molar refractivity (Wildman–Crippen MR) is 90.9 cm³/mol. The van der Waals surface area contributed by atoms with E-state index in [0.29, 0.717) is 10.7 Å². The van der Waals surface area contributed by atoms with Gasteiger partial charge in [0.25, 0.3) is 0 Å². The molecule has 1 aromatic carbocycles. The number of carbonyl (C=O) groups excluding carboxylic acids is 1. The van der Waals surface area contributed by atoms with Crippen LogP contribution >= 0.6 is 34.5 Å². The fourth-order valence-electron chi connectivity index (χ4n) is 1.87. The minimum absolute atomic E-state index is 0.0267. The van der Waals surface area contributed by atoms with Gasteiger partial charge in [-0.2, -0.15) is 0 Å². The third-order valence-electron chi connectivity index (χ3n) is 3.00. The van der Waals surface area contributed by atoms with Crippen LogP contribution in [0.15, 0.2) is 41.8 Å². The first-order valence-electron chi connectivity index (χ1n) is 6.72. The normalized spacial score (nSPS) is 10.6. The summed E-state index contributed by atoms with van der Waals surface area (Å²) in [5.41, 5.74) is 1.32. The number of halogens is 3. The molecule has 0 aliphatic heterocycles. The average molecular weight is 383 g/mol. The maximum Gasteiger partial charge on any atom is 0.358 e. The Morgan fingerprint density at radius 1 is 1.12 bits per heavy atom. The molecule has 2 aromatic heterocycles. The number of hydrogen-bond acceptors (Lipinski definition) is 5. The summed E-state index contributed by atoms with van der Waals surface area (Å²) in [5, 5.41) is 2.78. The number of ether oxygens (including phenoxy) is 1. The number of thiazole rings is 1. The van der Waals surface area contributed by atoms with E-state index >= 15 is 0 Å². The molecule has 0 aliphatic rings. The van der Waals surface area contributed by atoms with Crippen molar-refractivity contribution in [3.63, 3.8) is 0 Å². The molecule has 0 bridgehead atoms. The highest BCUT2D eigenvalue weighted by Crippen LogP contribution is 2.24. The fourth-order valence-corrected chi connectivity index (χ4v) is 3.01. The molecule has 0 unspecified atom stereocenters. The molecule has 8 heteroatoms. The molecule has 0 saturated heterocycles. The Morgan fingerprint density at radius 2 is 1.88 bits per heavy atom.